The predicted molar refractivity (Wildman–Crippen MR) is 56.9 cm³/mol. The maximum absolute atomic E-state index is 12.1. The summed E-state index contributed by atoms with van der Waals surface area (Å²) in [6.07, 6.45) is -4.82. The average Bonchev–Trinajstić information content (AvgIpc) is 2.18. The van der Waals surface area contributed by atoms with Gasteiger partial charge in [-0.1, -0.05) is 31.2 Å². The fourth-order valence-corrected chi connectivity index (χ4v) is 1.65. The van der Waals surface area contributed by atoms with E-state index < -0.39 is 24.5 Å². The Bertz CT molecular complexity index is 382. The van der Waals surface area contributed by atoms with E-state index in [1.807, 2.05) is 0 Å². The second-order valence-corrected chi connectivity index (χ2v) is 3.83. The molecule has 1 aromatic rings. The highest BCUT2D eigenvalue weighted by molar-refractivity contribution is 5.75. The van der Waals surface area contributed by atoms with Gasteiger partial charge in [-0.25, -0.2) is 0 Å². The minimum Gasteiger partial charge on any atom is -0.481 e. The molecule has 0 fully saturated rings. The first-order valence-corrected chi connectivity index (χ1v) is 5.22. The van der Waals surface area contributed by atoms with Crippen molar-refractivity contribution in [1.29, 1.82) is 0 Å². The van der Waals surface area contributed by atoms with Crippen LogP contribution in [0.5, 0.6) is 0 Å². The van der Waals surface area contributed by atoms with Crippen LogP contribution in [0.25, 0.3) is 0 Å². The molecule has 0 aliphatic carbocycles. The van der Waals surface area contributed by atoms with Gasteiger partial charge in [-0.2, -0.15) is 13.2 Å². The van der Waals surface area contributed by atoms with Crippen molar-refractivity contribution >= 4 is 5.97 Å². The first-order chi connectivity index (χ1) is 7.83. The summed E-state index contributed by atoms with van der Waals surface area (Å²) in [6, 6.07) is 5.55. The molecule has 1 rings (SSSR count). The molecule has 0 saturated carbocycles. The molecule has 1 atom stereocenters. The van der Waals surface area contributed by atoms with E-state index in [2.05, 4.69) is 0 Å². The van der Waals surface area contributed by atoms with Gasteiger partial charge in [0.1, 0.15) is 0 Å². The molecule has 0 aliphatic heterocycles. The number of carboxylic acids is 1. The Morgan fingerprint density at radius 2 is 1.82 bits per heavy atom. The average molecular weight is 246 g/mol. The fraction of sp³-hybridized carbons (Fsp3) is 0.417. The summed E-state index contributed by atoms with van der Waals surface area (Å²) in [4.78, 5) is 10.9. The normalized spacial score (nSPS) is 13.4. The monoisotopic (exact) mass is 246 g/mol. The molecular weight excluding hydrogens is 233 g/mol. The van der Waals surface area contributed by atoms with Gasteiger partial charge in [-0.05, 0) is 17.5 Å². The highest BCUT2D eigenvalue weighted by Crippen LogP contribution is 2.24. The first-order valence-electron chi connectivity index (χ1n) is 5.22. The lowest BCUT2D eigenvalue weighted by Gasteiger charge is -2.11. The Hall–Kier alpha value is -1.52. The summed E-state index contributed by atoms with van der Waals surface area (Å²) in [7, 11) is 0. The molecule has 1 unspecified atom stereocenters. The Labute approximate surface area is 97.1 Å². The van der Waals surface area contributed by atoms with Crippen molar-refractivity contribution in [2.45, 2.75) is 31.9 Å². The van der Waals surface area contributed by atoms with Gasteiger partial charge in [0.15, 0.2) is 0 Å². The van der Waals surface area contributed by atoms with Crippen LogP contribution in [-0.4, -0.2) is 17.3 Å². The maximum atomic E-state index is 12.1. The number of hydrogen-bond acceptors (Lipinski definition) is 1. The number of rotatable bonds is 4. The number of carbonyl (C=O) groups is 1. The van der Waals surface area contributed by atoms with Gasteiger partial charge < -0.3 is 5.11 Å². The van der Waals surface area contributed by atoms with E-state index in [0.717, 1.165) is 0 Å². The maximum Gasteiger partial charge on any atom is 0.393 e. The van der Waals surface area contributed by atoms with Crippen LogP contribution in [0.15, 0.2) is 24.3 Å². The second-order valence-electron chi connectivity index (χ2n) is 3.83. The number of halogens is 3. The van der Waals surface area contributed by atoms with Gasteiger partial charge in [0.2, 0.25) is 0 Å². The van der Waals surface area contributed by atoms with E-state index in [9.17, 15) is 18.0 Å². The standard InChI is InChI=1S/C12H13F3O2/c1-2-10(11(16)17)9-5-3-8(4-6-9)7-12(13,14)15/h3-6,10H,2,7H2,1H3,(H,16,17). The lowest BCUT2D eigenvalue weighted by Crippen LogP contribution is -2.13. The van der Waals surface area contributed by atoms with Crippen molar-refractivity contribution in [3.05, 3.63) is 35.4 Å². The molecule has 0 aliphatic rings. The highest BCUT2D eigenvalue weighted by Gasteiger charge is 2.27. The molecule has 0 saturated heterocycles. The number of benzene rings is 1. The lowest BCUT2D eigenvalue weighted by molar-refractivity contribution is -0.139. The smallest absolute Gasteiger partial charge is 0.393 e. The zero-order chi connectivity index (χ0) is 13.1. The Balaban J connectivity index is 2.84. The molecule has 17 heavy (non-hydrogen) atoms. The van der Waals surface area contributed by atoms with Crippen LogP contribution in [0.3, 0.4) is 0 Å². The van der Waals surface area contributed by atoms with E-state index in [1.165, 1.54) is 24.3 Å². The quantitative estimate of drug-likeness (QED) is 0.884. The third kappa shape index (κ3) is 4.09. The van der Waals surface area contributed by atoms with Gasteiger partial charge >= 0.3 is 12.1 Å². The van der Waals surface area contributed by atoms with Crippen LogP contribution in [0, 0.1) is 0 Å². The molecule has 0 heterocycles. The molecule has 1 aromatic carbocycles. The Morgan fingerprint density at radius 1 is 1.29 bits per heavy atom. The topological polar surface area (TPSA) is 37.3 Å². The second kappa shape index (κ2) is 5.21. The number of alkyl halides is 3. The van der Waals surface area contributed by atoms with Crippen LogP contribution in [0.2, 0.25) is 0 Å². The Kier molecular flexibility index (Phi) is 4.15. The molecule has 0 aromatic heterocycles. The largest absolute Gasteiger partial charge is 0.481 e. The van der Waals surface area contributed by atoms with Crippen molar-refractivity contribution < 1.29 is 23.1 Å². The van der Waals surface area contributed by atoms with E-state index in [0.29, 0.717) is 12.0 Å². The summed E-state index contributed by atoms with van der Waals surface area (Å²) >= 11 is 0. The molecule has 1 N–H and O–H groups in total. The minimum absolute atomic E-state index is 0.140. The predicted octanol–water partition coefficient (Wildman–Crippen LogP) is 3.37. The molecular formula is C12H13F3O2. The molecule has 0 radical (unpaired) electrons. The zero-order valence-corrected chi connectivity index (χ0v) is 9.29. The van der Waals surface area contributed by atoms with Crippen molar-refractivity contribution in [3.8, 4) is 0 Å². The van der Waals surface area contributed by atoms with Gasteiger partial charge in [-0.3, -0.25) is 4.79 Å². The van der Waals surface area contributed by atoms with Crippen molar-refractivity contribution in [2.75, 3.05) is 0 Å². The summed E-state index contributed by atoms with van der Waals surface area (Å²) < 4.78 is 36.3. The highest BCUT2D eigenvalue weighted by atomic mass is 19.4. The third-order valence-corrected chi connectivity index (χ3v) is 2.49. The SMILES string of the molecule is CCC(C(=O)O)c1ccc(CC(F)(F)F)cc1. The van der Waals surface area contributed by atoms with Gasteiger partial charge in [0, 0.05) is 0 Å². The molecule has 5 heteroatoms. The van der Waals surface area contributed by atoms with E-state index >= 15 is 0 Å². The van der Waals surface area contributed by atoms with E-state index in [4.69, 9.17) is 5.11 Å². The number of carboxylic acid groups (broad SMARTS) is 1. The van der Waals surface area contributed by atoms with Gasteiger partial charge in [-0.15, -0.1) is 0 Å². The van der Waals surface area contributed by atoms with Crippen molar-refractivity contribution in [1.82, 2.24) is 0 Å². The molecule has 0 spiro atoms. The summed E-state index contributed by atoms with van der Waals surface area (Å²) in [6.45, 7) is 1.72. The lowest BCUT2D eigenvalue weighted by atomic mass is 9.95. The molecule has 94 valence electrons. The van der Waals surface area contributed by atoms with Crippen molar-refractivity contribution in [3.63, 3.8) is 0 Å². The number of hydrogen-bond donors (Lipinski definition) is 1. The van der Waals surface area contributed by atoms with Crippen LogP contribution in [0.4, 0.5) is 13.2 Å². The zero-order valence-electron chi connectivity index (χ0n) is 9.29. The fourth-order valence-electron chi connectivity index (χ4n) is 1.65. The summed E-state index contributed by atoms with van der Waals surface area (Å²) in [5, 5.41) is 8.90. The molecule has 2 nitrogen and oxygen atoms in total. The molecule has 0 bridgehead atoms. The van der Waals surface area contributed by atoms with Gasteiger partial charge in [0.25, 0.3) is 0 Å². The van der Waals surface area contributed by atoms with Gasteiger partial charge in [0.05, 0.1) is 12.3 Å². The van der Waals surface area contributed by atoms with E-state index in [-0.39, 0.29) is 5.56 Å². The van der Waals surface area contributed by atoms with Crippen LogP contribution < -0.4 is 0 Å². The van der Waals surface area contributed by atoms with E-state index in [1.54, 1.807) is 6.92 Å². The molecule has 0 amide bonds. The minimum atomic E-state index is -4.24. The Morgan fingerprint density at radius 3 is 2.18 bits per heavy atom. The number of aliphatic carboxylic acids is 1. The van der Waals surface area contributed by atoms with Crippen LogP contribution in [-0.2, 0) is 11.2 Å². The summed E-state index contributed by atoms with van der Waals surface area (Å²) in [5.74, 6) is -1.62. The first kappa shape index (κ1) is 13.5. The third-order valence-electron chi connectivity index (χ3n) is 2.49. The van der Waals surface area contributed by atoms with Crippen LogP contribution in [0.1, 0.15) is 30.4 Å². The van der Waals surface area contributed by atoms with Crippen molar-refractivity contribution in [2.24, 2.45) is 0 Å². The van der Waals surface area contributed by atoms with Crippen LogP contribution >= 0.6 is 0 Å². The summed E-state index contributed by atoms with van der Waals surface area (Å²) in [5.41, 5.74) is 0.674.